The van der Waals surface area contributed by atoms with E-state index in [1.165, 1.54) is 0 Å². The van der Waals surface area contributed by atoms with Crippen LogP contribution in [0.5, 0.6) is 0 Å². The van der Waals surface area contributed by atoms with Gasteiger partial charge in [-0.2, -0.15) is 0 Å². The van der Waals surface area contributed by atoms with Crippen molar-refractivity contribution in [1.82, 2.24) is 10.6 Å². The molecule has 192 valence electrons. The van der Waals surface area contributed by atoms with Gasteiger partial charge in [0, 0.05) is 35.0 Å². The Morgan fingerprint density at radius 3 is 1.54 bits per heavy atom. The Hall–Kier alpha value is -2.64. The van der Waals surface area contributed by atoms with Crippen molar-refractivity contribution < 1.29 is 19.1 Å². The number of esters is 2. The number of carbonyl (C=O) groups excluding carboxylic acids is 2. The van der Waals surface area contributed by atoms with Gasteiger partial charge in [-0.15, -0.1) is 0 Å². The second kappa shape index (κ2) is 9.59. The number of nitrogens with one attached hydrogen (secondary N) is 2. The summed E-state index contributed by atoms with van der Waals surface area (Å²) in [6.45, 7) is 0. The summed E-state index contributed by atoms with van der Waals surface area (Å²) in [5.41, 5.74) is 2.51. The van der Waals surface area contributed by atoms with Crippen LogP contribution in [0.2, 0.25) is 10.0 Å². The predicted octanol–water partition coefficient (Wildman–Crippen LogP) is 5.64. The van der Waals surface area contributed by atoms with Gasteiger partial charge < -0.3 is 9.47 Å². The minimum atomic E-state index is -0.906. The second-order valence-corrected chi connectivity index (χ2v) is 11.3. The highest BCUT2D eigenvalue weighted by Crippen LogP contribution is 2.41. The van der Waals surface area contributed by atoms with Crippen molar-refractivity contribution in [3.63, 3.8) is 0 Å². The molecule has 4 unspecified atom stereocenters. The van der Waals surface area contributed by atoms with Crippen molar-refractivity contribution in [3.8, 4) is 0 Å². The zero-order valence-electron chi connectivity index (χ0n) is 20.3. The van der Waals surface area contributed by atoms with Crippen LogP contribution in [0.25, 0.3) is 11.1 Å². The standard InChI is InChI=1S/C29H28Cl2N2O4/c30-22-5-1-18(2-6-22)20-13-24-9-11-28(16-20,32-24)36-26(34)15-27(35)37-29-12-10-25(33-29)14-21(17-29)19-3-7-23(31)8-4-19/h1-8,16-17,24-25,32-33H,9-15H2. The highest BCUT2D eigenvalue weighted by atomic mass is 35.5. The minimum Gasteiger partial charge on any atom is -0.440 e. The van der Waals surface area contributed by atoms with Crippen LogP contribution < -0.4 is 10.6 Å². The Bertz CT molecular complexity index is 1190. The van der Waals surface area contributed by atoms with Gasteiger partial charge in [0.2, 0.25) is 0 Å². The normalized spacial score (nSPS) is 29.9. The van der Waals surface area contributed by atoms with Gasteiger partial charge in [0.1, 0.15) is 6.42 Å². The molecule has 0 aliphatic carbocycles. The van der Waals surface area contributed by atoms with Crippen molar-refractivity contribution in [3.05, 3.63) is 81.9 Å². The predicted molar refractivity (Wildman–Crippen MR) is 143 cm³/mol. The minimum absolute atomic E-state index is 0.215. The quantitative estimate of drug-likeness (QED) is 0.366. The lowest BCUT2D eigenvalue weighted by atomic mass is 9.95. The Morgan fingerprint density at radius 2 is 1.14 bits per heavy atom. The third-order valence-corrected chi connectivity index (χ3v) is 8.19. The monoisotopic (exact) mass is 538 g/mol. The van der Waals surface area contributed by atoms with Gasteiger partial charge >= 0.3 is 11.9 Å². The number of fused-ring (bicyclic) bond motifs is 4. The van der Waals surface area contributed by atoms with Gasteiger partial charge in [-0.3, -0.25) is 20.2 Å². The van der Waals surface area contributed by atoms with E-state index < -0.39 is 29.8 Å². The summed E-state index contributed by atoms with van der Waals surface area (Å²) in [7, 11) is 0. The average molecular weight is 539 g/mol. The first kappa shape index (κ1) is 24.7. The summed E-state index contributed by atoms with van der Waals surface area (Å²) in [5, 5.41) is 8.20. The maximum absolute atomic E-state index is 12.9. The van der Waals surface area contributed by atoms with E-state index in [0.717, 1.165) is 48.0 Å². The molecule has 4 aliphatic heterocycles. The van der Waals surface area contributed by atoms with Gasteiger partial charge in [0.25, 0.3) is 0 Å². The number of benzene rings is 2. The summed E-state index contributed by atoms with van der Waals surface area (Å²) >= 11 is 12.1. The lowest BCUT2D eigenvalue weighted by Gasteiger charge is -2.33. The second-order valence-electron chi connectivity index (χ2n) is 10.4. The van der Waals surface area contributed by atoms with Gasteiger partial charge in [0.15, 0.2) is 11.4 Å². The lowest BCUT2D eigenvalue weighted by molar-refractivity contribution is -0.168. The molecule has 0 saturated carbocycles. The smallest absolute Gasteiger partial charge is 0.319 e. The summed E-state index contributed by atoms with van der Waals surface area (Å²) in [6.07, 6.45) is 8.31. The van der Waals surface area contributed by atoms with E-state index in [1.807, 2.05) is 60.7 Å². The number of hydrogen-bond acceptors (Lipinski definition) is 6. The van der Waals surface area contributed by atoms with E-state index in [1.54, 1.807) is 0 Å². The highest BCUT2D eigenvalue weighted by Gasteiger charge is 2.46. The fourth-order valence-electron chi connectivity index (χ4n) is 6.05. The van der Waals surface area contributed by atoms with Crippen molar-refractivity contribution in [2.45, 2.75) is 68.5 Å². The van der Waals surface area contributed by atoms with Crippen molar-refractivity contribution in [2.24, 2.45) is 0 Å². The Labute approximate surface area is 226 Å². The summed E-state index contributed by atoms with van der Waals surface area (Å²) in [5.74, 6) is -1.20. The molecule has 0 spiro atoms. The number of hydrogen-bond donors (Lipinski definition) is 2. The van der Waals surface area contributed by atoms with E-state index in [2.05, 4.69) is 10.6 Å². The molecule has 0 radical (unpaired) electrons. The van der Waals surface area contributed by atoms with E-state index in [-0.39, 0.29) is 12.1 Å². The zero-order valence-corrected chi connectivity index (χ0v) is 21.8. The van der Waals surface area contributed by atoms with E-state index >= 15 is 0 Å². The Balaban J connectivity index is 1.13. The van der Waals surface area contributed by atoms with Crippen molar-refractivity contribution in [1.29, 1.82) is 0 Å². The molecule has 4 bridgehead atoms. The number of halogens is 2. The van der Waals surface area contributed by atoms with Crippen molar-refractivity contribution >= 4 is 46.3 Å². The molecular weight excluding hydrogens is 511 g/mol. The van der Waals surface area contributed by atoms with Crippen LogP contribution >= 0.6 is 23.2 Å². The molecule has 2 aromatic rings. The van der Waals surface area contributed by atoms with Crippen LogP contribution in [0, 0.1) is 0 Å². The SMILES string of the molecule is O=C(CC(=O)OC12C=C(c3ccc(Cl)cc3)CC(CC1)N2)OC12C=C(c3ccc(Cl)cc3)CC(CC1)N2. The molecule has 2 saturated heterocycles. The Kier molecular flexibility index (Phi) is 6.40. The lowest BCUT2D eigenvalue weighted by Crippen LogP contribution is -2.49. The molecule has 4 heterocycles. The van der Waals surface area contributed by atoms with Gasteiger partial charge in [-0.05, 0) is 84.4 Å². The molecule has 2 N–H and O–H groups in total. The third-order valence-electron chi connectivity index (χ3n) is 7.68. The molecule has 6 nitrogen and oxygen atoms in total. The summed E-state index contributed by atoms with van der Waals surface area (Å²) < 4.78 is 11.8. The van der Waals surface area contributed by atoms with Crippen LogP contribution in [0.4, 0.5) is 0 Å². The topological polar surface area (TPSA) is 76.7 Å². The van der Waals surface area contributed by atoms with Crippen LogP contribution in [0.3, 0.4) is 0 Å². The summed E-state index contributed by atoms with van der Waals surface area (Å²) in [4.78, 5) is 25.8. The zero-order chi connectivity index (χ0) is 25.6. The van der Waals surface area contributed by atoms with Crippen LogP contribution in [-0.2, 0) is 19.1 Å². The van der Waals surface area contributed by atoms with Crippen LogP contribution in [0.1, 0.15) is 56.1 Å². The van der Waals surface area contributed by atoms with Gasteiger partial charge in [-0.1, -0.05) is 47.5 Å². The van der Waals surface area contributed by atoms with E-state index in [0.29, 0.717) is 22.9 Å². The van der Waals surface area contributed by atoms with Crippen LogP contribution in [-0.4, -0.2) is 35.5 Å². The highest BCUT2D eigenvalue weighted by molar-refractivity contribution is 6.30. The third kappa shape index (κ3) is 5.21. The van der Waals surface area contributed by atoms with Crippen LogP contribution in [0.15, 0.2) is 60.7 Å². The number of carbonyl (C=O) groups is 2. The average Bonchev–Trinajstić information content (AvgIpc) is 3.32. The first-order chi connectivity index (χ1) is 17.8. The molecule has 2 fully saturated rings. The molecule has 4 aliphatic rings. The molecule has 2 aromatic carbocycles. The first-order valence-electron chi connectivity index (χ1n) is 12.7. The molecule has 37 heavy (non-hydrogen) atoms. The first-order valence-corrected chi connectivity index (χ1v) is 13.5. The molecule has 4 atom stereocenters. The number of ether oxygens (including phenoxy) is 2. The molecule has 0 aromatic heterocycles. The molecule has 8 heteroatoms. The fourth-order valence-corrected chi connectivity index (χ4v) is 6.30. The maximum Gasteiger partial charge on any atom is 0.319 e. The maximum atomic E-state index is 12.9. The molecule has 6 rings (SSSR count). The summed E-state index contributed by atoms with van der Waals surface area (Å²) in [6, 6.07) is 15.8. The van der Waals surface area contributed by atoms with E-state index in [4.69, 9.17) is 32.7 Å². The van der Waals surface area contributed by atoms with Gasteiger partial charge in [-0.25, -0.2) is 0 Å². The molecular formula is C29H28Cl2N2O4. The Morgan fingerprint density at radius 1 is 0.730 bits per heavy atom. The molecule has 0 amide bonds. The number of rotatable bonds is 6. The van der Waals surface area contributed by atoms with Gasteiger partial charge in [0.05, 0.1) is 0 Å². The fraction of sp³-hybridized carbons (Fsp3) is 0.379. The van der Waals surface area contributed by atoms with E-state index in [9.17, 15) is 9.59 Å². The largest absolute Gasteiger partial charge is 0.440 e. The van der Waals surface area contributed by atoms with Crippen molar-refractivity contribution in [2.75, 3.05) is 0 Å².